The van der Waals surface area contributed by atoms with Gasteiger partial charge in [0, 0.05) is 43.0 Å². The molecule has 2 N–H and O–H groups in total. The quantitative estimate of drug-likeness (QED) is 0.575. The van der Waals surface area contributed by atoms with Crippen LogP contribution in [0.15, 0.2) is 42.5 Å². The highest BCUT2D eigenvalue weighted by atomic mass is 16.6. The zero-order valence-electron chi connectivity index (χ0n) is 22.6. The Morgan fingerprint density at radius 3 is 2.68 bits per heavy atom. The largest absolute Gasteiger partial charge is 0.493 e. The van der Waals surface area contributed by atoms with Crippen molar-refractivity contribution in [3.05, 3.63) is 59.2 Å². The number of amides is 1. The number of carbonyl (C=O) groups is 1. The van der Waals surface area contributed by atoms with Gasteiger partial charge in [-0.1, -0.05) is 43.3 Å². The van der Waals surface area contributed by atoms with Gasteiger partial charge in [-0.2, -0.15) is 0 Å². The summed E-state index contributed by atoms with van der Waals surface area (Å²) in [6.07, 6.45) is 4.55. The number of primary amides is 1. The van der Waals surface area contributed by atoms with Crippen molar-refractivity contribution >= 4 is 5.91 Å². The molecule has 38 heavy (non-hydrogen) atoms. The fourth-order valence-electron chi connectivity index (χ4n) is 9.54. The number of ether oxygens (including phenoxy) is 4. The molecule has 7 nitrogen and oxygen atoms in total. The van der Waals surface area contributed by atoms with E-state index >= 15 is 0 Å². The van der Waals surface area contributed by atoms with Gasteiger partial charge in [0.2, 0.25) is 5.91 Å². The number of carbonyl (C=O) groups excluding carboxylic acids is 1. The van der Waals surface area contributed by atoms with Crippen molar-refractivity contribution in [3.63, 3.8) is 0 Å². The van der Waals surface area contributed by atoms with Gasteiger partial charge in [-0.05, 0) is 48.3 Å². The number of fused-ring (bicyclic) bond motifs is 2. The second-order valence-corrected chi connectivity index (χ2v) is 12.0. The number of nitrogens with zero attached hydrogens (tertiary/aromatic N) is 1. The number of likely N-dealkylation sites (tertiary alicyclic amines) is 1. The first-order valence-corrected chi connectivity index (χ1v) is 14.0. The molecule has 1 amide bonds. The zero-order valence-corrected chi connectivity index (χ0v) is 22.6. The minimum Gasteiger partial charge on any atom is -0.493 e. The summed E-state index contributed by atoms with van der Waals surface area (Å²) in [5, 5.41) is 0. The van der Waals surface area contributed by atoms with E-state index in [4.69, 9.17) is 24.7 Å². The highest BCUT2D eigenvalue weighted by Crippen LogP contribution is 2.75. The molecule has 5 aliphatic rings. The summed E-state index contributed by atoms with van der Waals surface area (Å²) in [5.41, 5.74) is 8.89. The molecule has 1 saturated heterocycles. The van der Waals surface area contributed by atoms with Crippen LogP contribution >= 0.6 is 0 Å². The molecule has 1 unspecified atom stereocenters. The molecule has 0 aromatic heterocycles. The van der Waals surface area contributed by atoms with Crippen LogP contribution in [-0.4, -0.2) is 62.0 Å². The normalized spacial score (nSPS) is 38.0. The average Bonchev–Trinajstić information content (AvgIpc) is 3.27. The Morgan fingerprint density at radius 2 is 1.97 bits per heavy atom. The van der Waals surface area contributed by atoms with E-state index in [2.05, 4.69) is 42.2 Å². The Hall–Kier alpha value is -2.61. The van der Waals surface area contributed by atoms with Crippen molar-refractivity contribution in [2.45, 2.75) is 74.9 Å². The Kier molecular flexibility index (Phi) is 5.43. The van der Waals surface area contributed by atoms with Crippen LogP contribution in [0.5, 0.6) is 11.5 Å². The van der Waals surface area contributed by atoms with Gasteiger partial charge in [0.15, 0.2) is 11.5 Å². The van der Waals surface area contributed by atoms with Crippen LogP contribution < -0.4 is 15.2 Å². The molecule has 2 heterocycles. The van der Waals surface area contributed by atoms with Gasteiger partial charge in [0.25, 0.3) is 0 Å². The van der Waals surface area contributed by atoms with E-state index in [9.17, 15) is 4.79 Å². The number of hydrogen-bond acceptors (Lipinski definition) is 6. The summed E-state index contributed by atoms with van der Waals surface area (Å²) in [6, 6.07) is 14.8. The van der Waals surface area contributed by atoms with E-state index in [-0.39, 0.29) is 40.9 Å². The van der Waals surface area contributed by atoms with Gasteiger partial charge in [0.1, 0.15) is 11.7 Å². The molecule has 1 spiro atoms. The molecule has 2 aromatic carbocycles. The lowest BCUT2D eigenvalue weighted by molar-refractivity contribution is -0.312. The molecule has 2 aliphatic heterocycles. The topological polar surface area (TPSA) is 83.2 Å². The van der Waals surface area contributed by atoms with Crippen molar-refractivity contribution in [2.75, 3.05) is 27.3 Å². The van der Waals surface area contributed by atoms with Crippen molar-refractivity contribution in [2.24, 2.45) is 17.1 Å². The van der Waals surface area contributed by atoms with Crippen molar-refractivity contribution < 1.29 is 23.7 Å². The lowest BCUT2D eigenvalue weighted by Crippen LogP contribution is -2.82. The fraction of sp³-hybridized carbons (Fsp3) is 0.581. The van der Waals surface area contributed by atoms with Gasteiger partial charge < -0.3 is 24.7 Å². The van der Waals surface area contributed by atoms with Crippen LogP contribution in [0.25, 0.3) is 0 Å². The molecule has 3 fully saturated rings. The maximum Gasteiger partial charge on any atom is 0.231 e. The number of rotatable bonds is 8. The maximum absolute atomic E-state index is 12.2. The van der Waals surface area contributed by atoms with Gasteiger partial charge in [0.05, 0.1) is 26.4 Å². The fourth-order valence-corrected chi connectivity index (χ4v) is 9.54. The molecule has 2 saturated carbocycles. The van der Waals surface area contributed by atoms with Gasteiger partial charge in [-0.3, -0.25) is 9.69 Å². The molecule has 2 bridgehead atoms. The van der Waals surface area contributed by atoms with Crippen LogP contribution in [0.4, 0.5) is 0 Å². The summed E-state index contributed by atoms with van der Waals surface area (Å²) in [6.45, 7) is 4.03. The molecule has 3 aliphatic carbocycles. The predicted octanol–water partition coefficient (Wildman–Crippen LogP) is 3.60. The minimum atomic E-state index is -0.422. The standard InChI is InChI=1S/C31H38N2O5/c1-4-29-15-21-23(37-18-19-8-6-5-7-9-19)16-31(21,36-3)28-30(29)12-13-33(17-25(32)34)24(29)14-20-10-11-22(35-2)27(38-28)26(20)30/h5-11,21,23-24,28H,4,12-18H2,1-3H3,(H2,32,34)/t21-,23?,24-,28-,29-,30+,31-/m1/s1. The Bertz CT molecular complexity index is 1270. The third-order valence-corrected chi connectivity index (χ3v) is 11.0. The van der Waals surface area contributed by atoms with Crippen molar-refractivity contribution in [3.8, 4) is 11.5 Å². The molecule has 7 atom stereocenters. The number of benzene rings is 2. The van der Waals surface area contributed by atoms with Crippen LogP contribution in [0.3, 0.4) is 0 Å². The highest BCUT2D eigenvalue weighted by molar-refractivity contribution is 5.76. The Labute approximate surface area is 224 Å². The number of piperidine rings is 1. The second-order valence-electron chi connectivity index (χ2n) is 12.0. The Morgan fingerprint density at radius 1 is 1.16 bits per heavy atom. The maximum atomic E-state index is 12.2. The number of nitrogens with two attached hydrogens (primary N) is 1. The first-order valence-electron chi connectivity index (χ1n) is 14.0. The lowest BCUT2D eigenvalue weighted by Gasteiger charge is -2.73. The lowest BCUT2D eigenvalue weighted by atomic mass is 9.36. The van der Waals surface area contributed by atoms with Crippen LogP contribution in [0.2, 0.25) is 0 Å². The van der Waals surface area contributed by atoms with Gasteiger partial charge in [-0.25, -0.2) is 0 Å². The summed E-state index contributed by atoms with van der Waals surface area (Å²) >= 11 is 0. The van der Waals surface area contributed by atoms with Crippen LogP contribution in [0, 0.1) is 11.3 Å². The molecular weight excluding hydrogens is 480 g/mol. The molecule has 0 radical (unpaired) electrons. The number of methoxy groups -OCH3 is 2. The van der Waals surface area contributed by atoms with Gasteiger partial charge >= 0.3 is 0 Å². The monoisotopic (exact) mass is 518 g/mol. The summed E-state index contributed by atoms with van der Waals surface area (Å²) in [7, 11) is 3.57. The highest BCUT2D eigenvalue weighted by Gasteiger charge is 2.81. The van der Waals surface area contributed by atoms with E-state index < -0.39 is 5.60 Å². The molecular formula is C31H38N2O5. The third kappa shape index (κ3) is 2.87. The van der Waals surface area contributed by atoms with E-state index in [0.29, 0.717) is 13.2 Å². The Balaban J connectivity index is 1.35. The second kappa shape index (κ2) is 8.44. The minimum absolute atomic E-state index is 0.0859. The van der Waals surface area contributed by atoms with Crippen molar-refractivity contribution in [1.29, 1.82) is 0 Å². The summed E-state index contributed by atoms with van der Waals surface area (Å²) < 4.78 is 26.0. The van der Waals surface area contributed by atoms with Crippen LogP contribution in [0.1, 0.15) is 49.3 Å². The smallest absolute Gasteiger partial charge is 0.231 e. The SMILES string of the molecule is CC[C@]12C[C@@H]3C(OCc4ccccc4)C[C@]3(OC)[C@@H]3Oc4c(OC)ccc5c4[C@@]31CCN(CC(N)=O)[C@@H]2C5. The van der Waals surface area contributed by atoms with E-state index in [1.807, 2.05) is 19.2 Å². The molecule has 7 rings (SSSR count). The molecule has 7 heteroatoms. The predicted molar refractivity (Wildman–Crippen MR) is 142 cm³/mol. The summed E-state index contributed by atoms with van der Waals surface area (Å²) in [5.74, 6) is 1.64. The molecule has 202 valence electrons. The van der Waals surface area contributed by atoms with Gasteiger partial charge in [-0.15, -0.1) is 0 Å². The first kappa shape index (κ1) is 24.4. The van der Waals surface area contributed by atoms with Crippen LogP contribution in [-0.2, 0) is 32.7 Å². The van der Waals surface area contributed by atoms with E-state index in [1.54, 1.807) is 7.11 Å². The zero-order chi connectivity index (χ0) is 26.3. The van der Waals surface area contributed by atoms with E-state index in [0.717, 1.165) is 50.1 Å². The number of hydrogen-bond donors (Lipinski definition) is 1. The van der Waals surface area contributed by atoms with Crippen molar-refractivity contribution in [1.82, 2.24) is 4.90 Å². The summed E-state index contributed by atoms with van der Waals surface area (Å²) in [4.78, 5) is 14.5. The average molecular weight is 519 g/mol. The molecule has 2 aromatic rings. The van der Waals surface area contributed by atoms with E-state index in [1.165, 1.54) is 16.7 Å². The first-order chi connectivity index (χ1) is 18.4. The third-order valence-electron chi connectivity index (χ3n) is 11.0.